The van der Waals surface area contributed by atoms with Gasteiger partial charge in [-0.2, -0.15) is 5.10 Å². The maximum absolute atomic E-state index is 5.84. The molecule has 18 heavy (non-hydrogen) atoms. The van der Waals surface area contributed by atoms with Gasteiger partial charge in [0.2, 0.25) is 0 Å². The van der Waals surface area contributed by atoms with Gasteiger partial charge in [-0.25, -0.2) is 0 Å². The molecule has 1 saturated carbocycles. The Labute approximate surface area is 109 Å². The number of hydrogen-bond acceptors (Lipinski definition) is 3. The Balaban J connectivity index is 1.82. The second-order valence-corrected chi connectivity index (χ2v) is 5.00. The Kier molecular flexibility index (Phi) is 5.21. The average molecular weight is 246 g/mol. The third-order valence-electron chi connectivity index (χ3n) is 3.60. The Morgan fingerprint density at radius 2 is 2.00 bits per heavy atom. The third kappa shape index (κ3) is 3.84. The molecule has 1 fully saturated rings. The van der Waals surface area contributed by atoms with Gasteiger partial charge in [-0.1, -0.05) is 43.5 Å². The molecule has 1 aromatic carbocycles. The number of ether oxygens (including phenoxy) is 1. The van der Waals surface area contributed by atoms with E-state index in [1.807, 2.05) is 18.2 Å². The summed E-state index contributed by atoms with van der Waals surface area (Å²) in [6, 6.07) is 8.09. The van der Waals surface area contributed by atoms with Crippen LogP contribution in [0.3, 0.4) is 0 Å². The van der Waals surface area contributed by atoms with Crippen LogP contribution in [0.5, 0.6) is 0 Å². The smallest absolute Gasteiger partial charge is 0.0723 e. The first-order valence-electron chi connectivity index (χ1n) is 6.79. The molecular weight excluding hydrogens is 224 g/mol. The zero-order valence-corrected chi connectivity index (χ0v) is 10.8. The normalized spacial score (nSPS) is 17.3. The van der Waals surface area contributed by atoms with Crippen molar-refractivity contribution in [1.29, 1.82) is 0 Å². The van der Waals surface area contributed by atoms with Crippen LogP contribution in [0.25, 0.3) is 0 Å². The van der Waals surface area contributed by atoms with E-state index in [1.54, 1.807) is 6.21 Å². The molecule has 2 rings (SSSR count). The quantitative estimate of drug-likeness (QED) is 0.493. The van der Waals surface area contributed by atoms with Crippen molar-refractivity contribution >= 4 is 6.21 Å². The highest BCUT2D eigenvalue weighted by Gasteiger charge is 2.13. The molecule has 0 radical (unpaired) electrons. The summed E-state index contributed by atoms with van der Waals surface area (Å²) in [5.41, 5.74) is 2.20. The Bertz CT molecular complexity index is 384. The summed E-state index contributed by atoms with van der Waals surface area (Å²) in [6.45, 7) is 1.53. The molecule has 0 saturated heterocycles. The second kappa shape index (κ2) is 7.17. The largest absolute Gasteiger partial charge is 0.376 e. The zero-order valence-electron chi connectivity index (χ0n) is 10.8. The number of benzene rings is 1. The number of hydrogen-bond donors (Lipinski definition) is 1. The predicted molar refractivity (Wildman–Crippen MR) is 74.5 cm³/mol. The Hall–Kier alpha value is -1.35. The lowest BCUT2D eigenvalue weighted by Gasteiger charge is -2.21. The highest BCUT2D eigenvalue weighted by molar-refractivity contribution is 5.81. The molecule has 3 heteroatoms. The van der Waals surface area contributed by atoms with Crippen LogP contribution >= 0.6 is 0 Å². The van der Waals surface area contributed by atoms with E-state index in [2.05, 4.69) is 11.2 Å². The van der Waals surface area contributed by atoms with E-state index in [4.69, 9.17) is 10.6 Å². The molecule has 0 bridgehead atoms. The third-order valence-corrected chi connectivity index (χ3v) is 3.60. The number of hydrazone groups is 1. The summed E-state index contributed by atoms with van der Waals surface area (Å²) >= 11 is 0. The molecule has 0 aromatic heterocycles. The number of rotatable bonds is 5. The van der Waals surface area contributed by atoms with Crippen LogP contribution in [0.2, 0.25) is 0 Å². The lowest BCUT2D eigenvalue weighted by atomic mass is 9.90. The monoisotopic (exact) mass is 246 g/mol. The molecule has 1 aliphatic carbocycles. The molecule has 98 valence electrons. The molecule has 0 heterocycles. The van der Waals surface area contributed by atoms with Gasteiger partial charge in [-0.05, 0) is 29.9 Å². The van der Waals surface area contributed by atoms with Crippen LogP contribution in [0.1, 0.15) is 43.2 Å². The van der Waals surface area contributed by atoms with Gasteiger partial charge in [0.05, 0.1) is 12.8 Å². The first-order chi connectivity index (χ1) is 8.90. The number of nitrogens with two attached hydrogens (primary N) is 1. The van der Waals surface area contributed by atoms with Crippen molar-refractivity contribution < 1.29 is 4.74 Å². The SMILES string of the molecule is NN=Cc1ccccc1COCC1CCCCC1. The van der Waals surface area contributed by atoms with Gasteiger partial charge in [0.25, 0.3) is 0 Å². The van der Waals surface area contributed by atoms with E-state index in [-0.39, 0.29) is 0 Å². The van der Waals surface area contributed by atoms with Gasteiger partial charge in [-0.3, -0.25) is 0 Å². The minimum atomic E-state index is 0.651. The second-order valence-electron chi connectivity index (χ2n) is 5.00. The lowest BCUT2D eigenvalue weighted by molar-refractivity contribution is 0.0739. The van der Waals surface area contributed by atoms with E-state index in [9.17, 15) is 0 Å². The average Bonchev–Trinajstić information content (AvgIpc) is 2.42. The number of nitrogens with zero attached hydrogens (tertiary/aromatic N) is 1. The maximum atomic E-state index is 5.84. The molecule has 3 nitrogen and oxygen atoms in total. The molecule has 0 spiro atoms. The van der Waals surface area contributed by atoms with Gasteiger partial charge in [0, 0.05) is 6.61 Å². The van der Waals surface area contributed by atoms with Crippen molar-refractivity contribution in [3.05, 3.63) is 35.4 Å². The Morgan fingerprint density at radius 3 is 2.78 bits per heavy atom. The van der Waals surface area contributed by atoms with Crippen LogP contribution < -0.4 is 5.84 Å². The molecule has 0 atom stereocenters. The fourth-order valence-electron chi connectivity index (χ4n) is 2.56. The van der Waals surface area contributed by atoms with Crippen LogP contribution in [0.15, 0.2) is 29.4 Å². The highest BCUT2D eigenvalue weighted by Crippen LogP contribution is 2.24. The molecule has 1 aliphatic rings. The standard InChI is InChI=1S/C15H22N2O/c16-17-10-14-8-4-5-9-15(14)12-18-11-13-6-2-1-3-7-13/h4-5,8-10,13H,1-3,6-7,11-12,16H2. The van der Waals surface area contributed by atoms with Crippen LogP contribution in [0, 0.1) is 5.92 Å². The van der Waals surface area contributed by atoms with Crippen LogP contribution in [-0.4, -0.2) is 12.8 Å². The van der Waals surface area contributed by atoms with Gasteiger partial charge >= 0.3 is 0 Å². The summed E-state index contributed by atoms with van der Waals surface area (Å²) in [6.07, 6.45) is 8.46. The highest BCUT2D eigenvalue weighted by atomic mass is 16.5. The van der Waals surface area contributed by atoms with Crippen molar-refractivity contribution in [1.82, 2.24) is 0 Å². The van der Waals surface area contributed by atoms with Gasteiger partial charge in [0.1, 0.15) is 0 Å². The zero-order chi connectivity index (χ0) is 12.6. The summed E-state index contributed by atoms with van der Waals surface area (Å²) in [4.78, 5) is 0. The van der Waals surface area contributed by atoms with Gasteiger partial charge < -0.3 is 10.6 Å². The summed E-state index contributed by atoms with van der Waals surface area (Å²) < 4.78 is 5.84. The summed E-state index contributed by atoms with van der Waals surface area (Å²) in [5, 5.41) is 3.58. The molecule has 0 unspecified atom stereocenters. The molecular formula is C15H22N2O. The minimum absolute atomic E-state index is 0.651. The first-order valence-corrected chi connectivity index (χ1v) is 6.79. The fourth-order valence-corrected chi connectivity index (χ4v) is 2.56. The van der Waals surface area contributed by atoms with Crippen molar-refractivity contribution in [3.63, 3.8) is 0 Å². The minimum Gasteiger partial charge on any atom is -0.376 e. The predicted octanol–water partition coefficient (Wildman–Crippen LogP) is 3.08. The molecule has 0 amide bonds. The van der Waals surface area contributed by atoms with Gasteiger partial charge in [0.15, 0.2) is 0 Å². The van der Waals surface area contributed by atoms with E-state index in [0.717, 1.165) is 23.7 Å². The van der Waals surface area contributed by atoms with E-state index >= 15 is 0 Å². The van der Waals surface area contributed by atoms with Crippen molar-refractivity contribution in [2.45, 2.75) is 38.7 Å². The molecule has 1 aromatic rings. The Morgan fingerprint density at radius 1 is 1.22 bits per heavy atom. The van der Waals surface area contributed by atoms with E-state index in [0.29, 0.717) is 6.61 Å². The summed E-state index contributed by atoms with van der Waals surface area (Å²) in [5.74, 6) is 5.96. The molecule has 0 aliphatic heterocycles. The summed E-state index contributed by atoms with van der Waals surface area (Å²) in [7, 11) is 0. The fraction of sp³-hybridized carbons (Fsp3) is 0.533. The first kappa shape index (κ1) is 13.1. The topological polar surface area (TPSA) is 47.6 Å². The van der Waals surface area contributed by atoms with E-state index in [1.165, 1.54) is 32.1 Å². The van der Waals surface area contributed by atoms with Gasteiger partial charge in [-0.15, -0.1) is 0 Å². The van der Waals surface area contributed by atoms with Crippen LogP contribution in [0.4, 0.5) is 0 Å². The van der Waals surface area contributed by atoms with Crippen molar-refractivity contribution in [3.8, 4) is 0 Å². The van der Waals surface area contributed by atoms with E-state index < -0.39 is 0 Å². The molecule has 2 N–H and O–H groups in total. The van der Waals surface area contributed by atoms with Crippen molar-refractivity contribution in [2.24, 2.45) is 16.9 Å². The maximum Gasteiger partial charge on any atom is 0.0723 e. The van der Waals surface area contributed by atoms with Crippen LogP contribution in [-0.2, 0) is 11.3 Å². The van der Waals surface area contributed by atoms with Crippen molar-refractivity contribution in [2.75, 3.05) is 6.61 Å². The lowest BCUT2D eigenvalue weighted by Crippen LogP contribution is -2.13.